The monoisotopic (exact) mass is 240 g/mol. The fraction of sp³-hybridized carbons (Fsp3) is 0.250. The van der Waals surface area contributed by atoms with E-state index in [1.807, 2.05) is 0 Å². The van der Waals surface area contributed by atoms with E-state index in [4.69, 9.17) is 5.84 Å². The van der Waals surface area contributed by atoms with Crippen LogP contribution >= 0.6 is 0 Å². The normalized spacial score (nSPS) is 12.4. The average Bonchev–Trinajstić information content (AvgIpc) is 2.40. The van der Waals surface area contributed by atoms with E-state index < -0.39 is 0 Å². The second kappa shape index (κ2) is 5.80. The molecule has 2 aromatic rings. The summed E-state index contributed by atoms with van der Waals surface area (Å²) in [7, 11) is 0. The van der Waals surface area contributed by atoms with E-state index >= 15 is 0 Å². The molecule has 1 atom stereocenters. The minimum Gasteiger partial charge on any atom is -0.271 e. The van der Waals surface area contributed by atoms with Gasteiger partial charge >= 0.3 is 0 Å². The number of aryl methyl sites for hydroxylation is 2. The maximum absolute atomic E-state index is 5.73. The largest absolute Gasteiger partial charge is 0.271 e. The van der Waals surface area contributed by atoms with Crippen molar-refractivity contribution >= 4 is 0 Å². The van der Waals surface area contributed by atoms with Gasteiger partial charge in [0.2, 0.25) is 0 Å². The first-order valence-electron chi connectivity index (χ1n) is 6.36. The summed E-state index contributed by atoms with van der Waals surface area (Å²) in [6.07, 6.45) is 1.04. The Morgan fingerprint density at radius 1 is 1.06 bits per heavy atom. The molecule has 0 amide bonds. The van der Waals surface area contributed by atoms with E-state index in [1.54, 1.807) is 0 Å². The molecule has 0 spiro atoms. The number of hydrogen-bond donors (Lipinski definition) is 2. The van der Waals surface area contributed by atoms with Gasteiger partial charge < -0.3 is 0 Å². The van der Waals surface area contributed by atoms with Gasteiger partial charge in [0, 0.05) is 0 Å². The lowest BCUT2D eigenvalue weighted by atomic mass is 9.96. The lowest BCUT2D eigenvalue weighted by Crippen LogP contribution is -2.28. The highest BCUT2D eigenvalue weighted by molar-refractivity contribution is 5.35. The van der Waals surface area contributed by atoms with Crippen molar-refractivity contribution < 1.29 is 0 Å². The molecule has 0 heterocycles. The summed E-state index contributed by atoms with van der Waals surface area (Å²) >= 11 is 0. The number of hydrazine groups is 1. The van der Waals surface area contributed by atoms with Crippen LogP contribution in [-0.4, -0.2) is 0 Å². The Morgan fingerprint density at radius 2 is 1.72 bits per heavy atom. The van der Waals surface area contributed by atoms with Gasteiger partial charge in [-0.25, -0.2) is 5.43 Å². The molecular weight excluding hydrogens is 220 g/mol. The van der Waals surface area contributed by atoms with E-state index in [9.17, 15) is 0 Å². The zero-order chi connectivity index (χ0) is 13.0. The summed E-state index contributed by atoms with van der Waals surface area (Å²) in [5.41, 5.74) is 7.91. The first kappa shape index (κ1) is 12.8. The molecule has 0 aliphatic heterocycles. The summed E-state index contributed by atoms with van der Waals surface area (Å²) in [5.74, 6) is 5.73. The van der Waals surface area contributed by atoms with Crippen LogP contribution < -0.4 is 11.3 Å². The van der Waals surface area contributed by atoms with Gasteiger partial charge in [0.15, 0.2) is 0 Å². The fourth-order valence-electron chi connectivity index (χ4n) is 2.23. The molecule has 0 fully saturated rings. The highest BCUT2D eigenvalue weighted by Crippen LogP contribution is 2.23. The third-order valence-corrected chi connectivity index (χ3v) is 3.23. The molecule has 0 bridgehead atoms. The lowest BCUT2D eigenvalue weighted by molar-refractivity contribution is 0.636. The number of benzene rings is 2. The van der Waals surface area contributed by atoms with E-state index in [2.05, 4.69) is 67.8 Å². The van der Waals surface area contributed by atoms with E-state index in [-0.39, 0.29) is 6.04 Å². The van der Waals surface area contributed by atoms with Gasteiger partial charge in [-0.15, -0.1) is 0 Å². The quantitative estimate of drug-likeness (QED) is 0.636. The summed E-state index contributed by atoms with van der Waals surface area (Å²) in [6, 6.07) is 17.1. The smallest absolute Gasteiger partial charge is 0.0710 e. The molecular formula is C16H20N2. The Bertz CT molecular complexity index is 520. The molecule has 94 valence electrons. The second-order valence-corrected chi connectivity index (χ2v) is 4.61. The molecule has 2 rings (SSSR count). The van der Waals surface area contributed by atoms with Crippen molar-refractivity contribution in [2.75, 3.05) is 0 Å². The fourth-order valence-corrected chi connectivity index (χ4v) is 2.23. The zero-order valence-electron chi connectivity index (χ0n) is 11.0. The highest BCUT2D eigenvalue weighted by atomic mass is 15.2. The Labute approximate surface area is 109 Å². The molecule has 2 aromatic carbocycles. The molecule has 18 heavy (non-hydrogen) atoms. The Morgan fingerprint density at radius 3 is 2.33 bits per heavy atom. The van der Waals surface area contributed by atoms with Gasteiger partial charge in [0.1, 0.15) is 0 Å². The van der Waals surface area contributed by atoms with Crippen LogP contribution in [-0.2, 0) is 6.42 Å². The predicted molar refractivity (Wildman–Crippen MR) is 76.2 cm³/mol. The van der Waals surface area contributed by atoms with Crippen LogP contribution in [0.25, 0.3) is 0 Å². The molecule has 0 saturated carbocycles. The van der Waals surface area contributed by atoms with Crippen LogP contribution in [0.3, 0.4) is 0 Å². The molecule has 0 radical (unpaired) electrons. The average molecular weight is 240 g/mol. The van der Waals surface area contributed by atoms with E-state index in [1.165, 1.54) is 22.3 Å². The van der Waals surface area contributed by atoms with E-state index in [0.717, 1.165) is 6.42 Å². The van der Waals surface area contributed by atoms with Crippen LogP contribution in [0, 0.1) is 6.92 Å². The minimum absolute atomic E-state index is 0.0522. The molecule has 2 heteroatoms. The third kappa shape index (κ3) is 2.78. The number of nitrogens with one attached hydrogen (secondary N) is 1. The molecule has 0 saturated heterocycles. The molecule has 0 aliphatic rings. The first-order chi connectivity index (χ1) is 8.74. The van der Waals surface area contributed by atoms with Crippen molar-refractivity contribution in [1.29, 1.82) is 0 Å². The highest BCUT2D eigenvalue weighted by Gasteiger charge is 2.12. The summed E-state index contributed by atoms with van der Waals surface area (Å²) in [6.45, 7) is 4.26. The molecule has 2 nitrogen and oxygen atoms in total. The lowest BCUT2D eigenvalue weighted by Gasteiger charge is -2.18. The van der Waals surface area contributed by atoms with Crippen LogP contribution in [0.15, 0.2) is 48.5 Å². The molecule has 0 aliphatic carbocycles. The first-order valence-corrected chi connectivity index (χ1v) is 6.36. The van der Waals surface area contributed by atoms with Crippen LogP contribution in [0.4, 0.5) is 0 Å². The topological polar surface area (TPSA) is 38.0 Å². The van der Waals surface area contributed by atoms with Crippen molar-refractivity contribution in [1.82, 2.24) is 5.43 Å². The standard InChI is InChI=1S/C16H20N2/c1-3-13-7-5-9-15(11-13)16(18-17)14-8-4-6-12(2)10-14/h4-11,16,18H,3,17H2,1-2H3. The maximum atomic E-state index is 5.73. The summed E-state index contributed by atoms with van der Waals surface area (Å²) in [5, 5.41) is 0. The van der Waals surface area contributed by atoms with E-state index in [0.29, 0.717) is 0 Å². The van der Waals surface area contributed by atoms with Gasteiger partial charge in [-0.1, -0.05) is 61.0 Å². The predicted octanol–water partition coefficient (Wildman–Crippen LogP) is 3.11. The van der Waals surface area contributed by atoms with Crippen molar-refractivity contribution in [2.24, 2.45) is 5.84 Å². The van der Waals surface area contributed by atoms with Crippen molar-refractivity contribution in [3.63, 3.8) is 0 Å². The van der Waals surface area contributed by atoms with Crippen LogP contribution in [0.5, 0.6) is 0 Å². The Kier molecular flexibility index (Phi) is 4.13. The maximum Gasteiger partial charge on any atom is 0.0710 e. The summed E-state index contributed by atoms with van der Waals surface area (Å²) in [4.78, 5) is 0. The number of nitrogens with two attached hydrogens (primary N) is 1. The van der Waals surface area contributed by atoms with Gasteiger partial charge in [0.05, 0.1) is 6.04 Å². The molecule has 1 unspecified atom stereocenters. The third-order valence-electron chi connectivity index (χ3n) is 3.23. The van der Waals surface area contributed by atoms with Crippen molar-refractivity contribution in [3.8, 4) is 0 Å². The Balaban J connectivity index is 2.38. The molecule has 3 N–H and O–H groups in total. The van der Waals surface area contributed by atoms with Gasteiger partial charge in [0.25, 0.3) is 0 Å². The zero-order valence-corrected chi connectivity index (χ0v) is 11.0. The van der Waals surface area contributed by atoms with Gasteiger partial charge in [-0.2, -0.15) is 0 Å². The van der Waals surface area contributed by atoms with Crippen molar-refractivity contribution in [3.05, 3.63) is 70.8 Å². The van der Waals surface area contributed by atoms with Crippen LogP contribution in [0.2, 0.25) is 0 Å². The van der Waals surface area contributed by atoms with Crippen LogP contribution in [0.1, 0.15) is 35.2 Å². The van der Waals surface area contributed by atoms with Gasteiger partial charge in [-0.3, -0.25) is 5.84 Å². The SMILES string of the molecule is CCc1cccc(C(NN)c2cccc(C)c2)c1. The summed E-state index contributed by atoms with van der Waals surface area (Å²) < 4.78 is 0. The van der Waals surface area contributed by atoms with Crippen molar-refractivity contribution in [2.45, 2.75) is 26.3 Å². The van der Waals surface area contributed by atoms with Gasteiger partial charge in [-0.05, 0) is 30.0 Å². The Hall–Kier alpha value is -1.64. The number of hydrogen-bond acceptors (Lipinski definition) is 2. The second-order valence-electron chi connectivity index (χ2n) is 4.61. The minimum atomic E-state index is 0.0522. The molecule has 0 aromatic heterocycles. The number of rotatable bonds is 4.